The number of anilines is 1. The van der Waals surface area contributed by atoms with E-state index in [0.29, 0.717) is 10.6 Å². The number of aryl methyl sites for hydroxylation is 2. The van der Waals surface area contributed by atoms with E-state index in [9.17, 15) is 4.79 Å². The predicted molar refractivity (Wildman–Crippen MR) is 119 cm³/mol. The van der Waals surface area contributed by atoms with Gasteiger partial charge in [0.25, 0.3) is 5.91 Å². The predicted octanol–water partition coefficient (Wildman–Crippen LogP) is 5.16. The summed E-state index contributed by atoms with van der Waals surface area (Å²) in [7, 11) is 0. The lowest BCUT2D eigenvalue weighted by Crippen LogP contribution is -2.13. The molecule has 1 N–H and O–H groups in total. The average Bonchev–Trinajstić information content (AvgIpc) is 3.19. The zero-order valence-corrected chi connectivity index (χ0v) is 17.5. The minimum absolute atomic E-state index is 0.194. The monoisotopic (exact) mass is 419 g/mol. The van der Waals surface area contributed by atoms with Crippen LogP contribution in [0.25, 0.3) is 16.7 Å². The number of rotatable bonds is 3. The molecule has 5 rings (SSSR count). The normalized spacial score (nSPS) is 13.8. The Morgan fingerprint density at radius 3 is 2.90 bits per heavy atom. The van der Waals surface area contributed by atoms with Crippen molar-refractivity contribution in [1.82, 2.24) is 19.3 Å². The van der Waals surface area contributed by atoms with Gasteiger partial charge < -0.3 is 9.88 Å². The molecule has 2 aromatic heterocycles. The maximum Gasteiger partial charge on any atom is 0.259 e. The van der Waals surface area contributed by atoms with Crippen molar-refractivity contribution in [3.8, 4) is 5.69 Å². The molecule has 1 aliphatic rings. The standard InChI is InChI=1S/C23H22ClN5O/c1-15-19(14-25-29(15)18-7-5-6-16(24)12-18)23(30)26-17-9-10-21-20(13-17)27-22-8-3-2-4-11-28(21)22/h5-7,9-10,12-14H,2-4,8,11H2,1H3,(H,26,30). The van der Waals surface area contributed by atoms with Crippen LogP contribution >= 0.6 is 11.6 Å². The number of hydrogen-bond acceptors (Lipinski definition) is 3. The van der Waals surface area contributed by atoms with Crippen LogP contribution in [-0.2, 0) is 13.0 Å². The molecular weight excluding hydrogens is 398 g/mol. The number of amides is 1. The summed E-state index contributed by atoms with van der Waals surface area (Å²) in [6.07, 6.45) is 6.22. The van der Waals surface area contributed by atoms with E-state index in [4.69, 9.17) is 16.6 Å². The van der Waals surface area contributed by atoms with Gasteiger partial charge in [-0.25, -0.2) is 9.67 Å². The van der Waals surface area contributed by atoms with Gasteiger partial charge in [0.15, 0.2) is 0 Å². The maximum atomic E-state index is 12.9. The zero-order valence-electron chi connectivity index (χ0n) is 16.7. The second kappa shape index (κ2) is 7.61. The van der Waals surface area contributed by atoms with Crippen molar-refractivity contribution in [1.29, 1.82) is 0 Å². The van der Waals surface area contributed by atoms with Crippen molar-refractivity contribution >= 4 is 34.2 Å². The summed E-state index contributed by atoms with van der Waals surface area (Å²) in [6.45, 7) is 2.89. The Morgan fingerprint density at radius 2 is 2.03 bits per heavy atom. The molecule has 0 fully saturated rings. The molecule has 0 saturated heterocycles. The Bertz CT molecular complexity index is 1260. The summed E-state index contributed by atoms with van der Waals surface area (Å²) in [6, 6.07) is 13.3. The lowest BCUT2D eigenvalue weighted by molar-refractivity contribution is 0.102. The molecule has 3 heterocycles. The van der Waals surface area contributed by atoms with Crippen LogP contribution in [0.1, 0.15) is 41.1 Å². The number of benzene rings is 2. The number of hydrogen-bond donors (Lipinski definition) is 1. The SMILES string of the molecule is Cc1c(C(=O)Nc2ccc3c(c2)nc2n3CCCCC2)cnn1-c1cccc(Cl)c1. The maximum absolute atomic E-state index is 12.9. The number of carbonyl (C=O) groups excluding carboxylic acids is 1. The number of fused-ring (bicyclic) bond motifs is 3. The molecule has 7 heteroatoms. The number of aromatic nitrogens is 4. The molecule has 0 atom stereocenters. The van der Waals surface area contributed by atoms with E-state index < -0.39 is 0 Å². The van der Waals surface area contributed by atoms with E-state index in [1.54, 1.807) is 10.9 Å². The largest absolute Gasteiger partial charge is 0.328 e. The van der Waals surface area contributed by atoms with Crippen LogP contribution in [0.4, 0.5) is 5.69 Å². The van der Waals surface area contributed by atoms with Crippen LogP contribution < -0.4 is 5.32 Å². The number of carbonyl (C=O) groups is 1. The van der Waals surface area contributed by atoms with Crippen molar-refractivity contribution in [3.63, 3.8) is 0 Å². The van der Waals surface area contributed by atoms with Crippen molar-refractivity contribution in [2.45, 2.75) is 39.2 Å². The first-order chi connectivity index (χ1) is 14.6. The van der Waals surface area contributed by atoms with E-state index in [1.165, 1.54) is 19.3 Å². The third-order valence-electron chi connectivity index (χ3n) is 5.67. The van der Waals surface area contributed by atoms with Crippen molar-refractivity contribution < 1.29 is 4.79 Å². The minimum Gasteiger partial charge on any atom is -0.328 e. The van der Waals surface area contributed by atoms with Gasteiger partial charge in [-0.05, 0) is 56.2 Å². The van der Waals surface area contributed by atoms with Gasteiger partial charge in [0, 0.05) is 23.7 Å². The molecule has 6 nitrogen and oxygen atoms in total. The van der Waals surface area contributed by atoms with Gasteiger partial charge in [0.1, 0.15) is 5.82 Å². The van der Waals surface area contributed by atoms with Gasteiger partial charge in [0.2, 0.25) is 0 Å². The molecule has 30 heavy (non-hydrogen) atoms. The van der Waals surface area contributed by atoms with E-state index in [0.717, 1.165) is 46.9 Å². The number of nitrogens with one attached hydrogen (secondary N) is 1. The van der Waals surface area contributed by atoms with Gasteiger partial charge in [-0.2, -0.15) is 5.10 Å². The van der Waals surface area contributed by atoms with Crippen LogP contribution in [0.5, 0.6) is 0 Å². The fourth-order valence-electron chi connectivity index (χ4n) is 4.13. The van der Waals surface area contributed by atoms with E-state index in [2.05, 4.69) is 21.0 Å². The second-order valence-corrected chi connectivity index (χ2v) is 8.12. The second-order valence-electron chi connectivity index (χ2n) is 7.68. The smallest absolute Gasteiger partial charge is 0.259 e. The fraction of sp³-hybridized carbons (Fsp3) is 0.261. The first kappa shape index (κ1) is 18.9. The summed E-state index contributed by atoms with van der Waals surface area (Å²) < 4.78 is 4.03. The molecule has 0 saturated carbocycles. The Kier molecular flexibility index (Phi) is 4.79. The van der Waals surface area contributed by atoms with Gasteiger partial charge in [0.05, 0.1) is 34.2 Å². The molecule has 2 aromatic carbocycles. The van der Waals surface area contributed by atoms with Crippen molar-refractivity contribution in [2.24, 2.45) is 0 Å². The Labute approximate surface area is 179 Å². The molecule has 0 bridgehead atoms. The molecule has 152 valence electrons. The first-order valence-electron chi connectivity index (χ1n) is 10.2. The van der Waals surface area contributed by atoms with Crippen LogP contribution in [-0.4, -0.2) is 25.2 Å². The highest BCUT2D eigenvalue weighted by Gasteiger charge is 2.17. The summed E-state index contributed by atoms with van der Waals surface area (Å²) in [5.41, 5.74) is 4.89. The van der Waals surface area contributed by atoms with Gasteiger partial charge >= 0.3 is 0 Å². The third-order valence-corrected chi connectivity index (χ3v) is 5.91. The molecule has 4 aromatic rings. The zero-order chi connectivity index (χ0) is 20.7. The molecule has 0 aliphatic carbocycles. The van der Waals surface area contributed by atoms with Gasteiger partial charge in [-0.3, -0.25) is 4.79 Å². The Balaban J connectivity index is 1.41. The average molecular weight is 420 g/mol. The molecule has 0 spiro atoms. The molecule has 1 aliphatic heterocycles. The summed E-state index contributed by atoms with van der Waals surface area (Å²) >= 11 is 6.09. The third kappa shape index (κ3) is 3.37. The highest BCUT2D eigenvalue weighted by atomic mass is 35.5. The number of halogens is 1. The van der Waals surface area contributed by atoms with Gasteiger partial charge in [-0.15, -0.1) is 0 Å². The van der Waals surface area contributed by atoms with Crippen LogP contribution in [0, 0.1) is 6.92 Å². The highest BCUT2D eigenvalue weighted by Crippen LogP contribution is 2.25. The van der Waals surface area contributed by atoms with Crippen LogP contribution in [0.2, 0.25) is 5.02 Å². The topological polar surface area (TPSA) is 64.7 Å². The lowest BCUT2D eigenvalue weighted by Gasteiger charge is -2.08. The summed E-state index contributed by atoms with van der Waals surface area (Å²) in [5.74, 6) is 0.950. The van der Waals surface area contributed by atoms with Crippen molar-refractivity contribution in [3.05, 3.63) is 70.8 Å². The van der Waals surface area contributed by atoms with E-state index in [1.807, 2.05) is 43.3 Å². The quantitative estimate of drug-likeness (QED) is 0.498. The van der Waals surface area contributed by atoms with Crippen molar-refractivity contribution in [2.75, 3.05) is 5.32 Å². The Hall–Kier alpha value is -3.12. The fourth-order valence-corrected chi connectivity index (χ4v) is 4.31. The Morgan fingerprint density at radius 1 is 1.13 bits per heavy atom. The minimum atomic E-state index is -0.194. The molecular formula is C23H22ClN5O. The molecule has 1 amide bonds. The highest BCUT2D eigenvalue weighted by molar-refractivity contribution is 6.30. The lowest BCUT2D eigenvalue weighted by atomic mass is 10.2. The van der Waals surface area contributed by atoms with Gasteiger partial charge in [-0.1, -0.05) is 24.1 Å². The summed E-state index contributed by atoms with van der Waals surface area (Å²) in [5, 5.41) is 7.99. The van der Waals surface area contributed by atoms with E-state index >= 15 is 0 Å². The summed E-state index contributed by atoms with van der Waals surface area (Å²) in [4.78, 5) is 17.7. The molecule has 0 radical (unpaired) electrons. The van der Waals surface area contributed by atoms with Crippen LogP contribution in [0.3, 0.4) is 0 Å². The van der Waals surface area contributed by atoms with E-state index in [-0.39, 0.29) is 5.91 Å². The number of imidazole rings is 1. The van der Waals surface area contributed by atoms with Crippen LogP contribution in [0.15, 0.2) is 48.7 Å². The number of nitrogens with zero attached hydrogens (tertiary/aromatic N) is 4. The molecule has 0 unspecified atom stereocenters. The first-order valence-corrected chi connectivity index (χ1v) is 10.6.